The smallest absolute Gasteiger partial charge is 0.278 e. The van der Waals surface area contributed by atoms with Gasteiger partial charge in [-0.1, -0.05) is 35.6 Å². The molecule has 1 amide bonds. The summed E-state index contributed by atoms with van der Waals surface area (Å²) in [4.78, 5) is 16.4. The van der Waals surface area contributed by atoms with Gasteiger partial charge in [0.25, 0.3) is 5.19 Å². The molecule has 0 unspecified atom stereocenters. The molecule has 0 aliphatic rings. The number of nitrogens with zero attached hydrogens (tertiary/aromatic N) is 1. The Morgan fingerprint density at radius 2 is 1.66 bits per heavy atom. The Balaban J connectivity index is 1.23. The van der Waals surface area contributed by atoms with E-state index in [1.807, 2.05) is 53.9 Å². The minimum absolute atomic E-state index is 0.0297. The highest BCUT2D eigenvalue weighted by molar-refractivity contribution is 7.11. The molecule has 1 heterocycles. The van der Waals surface area contributed by atoms with Crippen molar-refractivity contribution in [1.82, 2.24) is 10.3 Å². The number of rotatable bonds is 9. The van der Waals surface area contributed by atoms with E-state index in [1.165, 1.54) is 23.5 Å². The third-order valence-electron chi connectivity index (χ3n) is 4.62. The van der Waals surface area contributed by atoms with Crippen LogP contribution in [0.25, 0.3) is 0 Å². The van der Waals surface area contributed by atoms with E-state index >= 15 is 0 Å². The average molecular weight is 449 g/mol. The molecule has 4 aromatic rings. The van der Waals surface area contributed by atoms with Crippen LogP contribution in [0.15, 0.2) is 84.4 Å². The van der Waals surface area contributed by atoms with E-state index < -0.39 is 0 Å². The molecule has 0 atom stereocenters. The number of amides is 1. The van der Waals surface area contributed by atoms with Crippen molar-refractivity contribution in [1.29, 1.82) is 0 Å². The summed E-state index contributed by atoms with van der Waals surface area (Å²) in [6.07, 6.45) is 2.65. The molecule has 0 bridgehead atoms. The number of thiazole rings is 1. The Kier molecular flexibility index (Phi) is 7.09. The zero-order valence-corrected chi connectivity index (χ0v) is 18.0. The van der Waals surface area contributed by atoms with Gasteiger partial charge in [-0.3, -0.25) is 4.79 Å². The summed E-state index contributed by atoms with van der Waals surface area (Å²) >= 11 is 1.43. The molecule has 0 radical (unpaired) electrons. The fourth-order valence-corrected chi connectivity index (χ4v) is 3.49. The Labute approximate surface area is 189 Å². The average Bonchev–Trinajstić information content (AvgIpc) is 3.32. The van der Waals surface area contributed by atoms with Crippen LogP contribution in [0.1, 0.15) is 17.5 Å². The van der Waals surface area contributed by atoms with Crippen LogP contribution in [0.4, 0.5) is 4.39 Å². The van der Waals surface area contributed by atoms with Gasteiger partial charge in [-0.15, -0.1) is 0 Å². The second-order valence-electron chi connectivity index (χ2n) is 7.02. The van der Waals surface area contributed by atoms with E-state index in [9.17, 15) is 9.18 Å². The first-order valence-electron chi connectivity index (χ1n) is 10.1. The summed E-state index contributed by atoms with van der Waals surface area (Å²) in [7, 11) is 0. The van der Waals surface area contributed by atoms with Gasteiger partial charge in [-0.2, -0.15) is 0 Å². The van der Waals surface area contributed by atoms with Crippen LogP contribution >= 0.6 is 11.3 Å². The topological polar surface area (TPSA) is 60.5 Å². The van der Waals surface area contributed by atoms with E-state index in [0.717, 1.165) is 11.1 Å². The van der Waals surface area contributed by atoms with Crippen molar-refractivity contribution < 1.29 is 18.7 Å². The molecule has 0 saturated carbocycles. The van der Waals surface area contributed by atoms with Crippen molar-refractivity contribution in [2.45, 2.75) is 19.4 Å². The number of hydrogen-bond donors (Lipinski definition) is 1. The maximum Gasteiger partial charge on any atom is 0.278 e. The normalized spacial score (nSPS) is 10.5. The van der Waals surface area contributed by atoms with Crippen molar-refractivity contribution >= 4 is 17.2 Å². The Morgan fingerprint density at radius 3 is 2.41 bits per heavy atom. The Bertz CT molecular complexity index is 1150. The van der Waals surface area contributed by atoms with Gasteiger partial charge in [-0.25, -0.2) is 9.37 Å². The second-order valence-corrected chi connectivity index (χ2v) is 7.88. The summed E-state index contributed by atoms with van der Waals surface area (Å²) in [5, 5.41) is 5.39. The summed E-state index contributed by atoms with van der Waals surface area (Å²) in [5.74, 6) is 1.58. The van der Waals surface area contributed by atoms with E-state index in [1.54, 1.807) is 18.3 Å². The molecule has 0 fully saturated rings. The molecule has 1 aromatic heterocycles. The van der Waals surface area contributed by atoms with Crippen molar-refractivity contribution in [3.63, 3.8) is 0 Å². The van der Waals surface area contributed by atoms with Crippen LogP contribution in [0.3, 0.4) is 0 Å². The van der Waals surface area contributed by atoms with Crippen LogP contribution in [0.2, 0.25) is 0 Å². The summed E-state index contributed by atoms with van der Waals surface area (Å²) in [6, 6.07) is 20.9. The van der Waals surface area contributed by atoms with Crippen LogP contribution in [0, 0.1) is 5.82 Å². The minimum atomic E-state index is -0.308. The van der Waals surface area contributed by atoms with Crippen LogP contribution in [0.5, 0.6) is 22.4 Å². The van der Waals surface area contributed by atoms with Crippen molar-refractivity contribution in [2.24, 2.45) is 0 Å². The highest BCUT2D eigenvalue weighted by Crippen LogP contribution is 2.24. The predicted molar refractivity (Wildman–Crippen MR) is 122 cm³/mol. The van der Waals surface area contributed by atoms with Gasteiger partial charge in [0, 0.05) is 24.5 Å². The number of benzene rings is 3. The number of nitrogens with one attached hydrogen (secondary N) is 1. The highest BCUT2D eigenvalue weighted by Gasteiger charge is 2.06. The van der Waals surface area contributed by atoms with Gasteiger partial charge >= 0.3 is 0 Å². The number of aryl methyl sites for hydroxylation is 1. The molecular formula is C25H21FN2O3S. The van der Waals surface area contributed by atoms with Crippen molar-refractivity contribution in [3.05, 3.63) is 101 Å². The maximum absolute atomic E-state index is 13.0. The van der Waals surface area contributed by atoms with E-state index in [2.05, 4.69) is 10.3 Å². The summed E-state index contributed by atoms with van der Waals surface area (Å²) in [6.45, 7) is 0.448. The van der Waals surface area contributed by atoms with Gasteiger partial charge in [0.1, 0.15) is 23.1 Å². The van der Waals surface area contributed by atoms with Crippen LogP contribution in [-0.2, 0) is 17.8 Å². The fourth-order valence-electron chi connectivity index (χ4n) is 2.99. The molecule has 5 nitrogen and oxygen atoms in total. The van der Waals surface area contributed by atoms with Gasteiger partial charge in [0.05, 0.1) is 0 Å². The number of ether oxygens (including phenoxy) is 2. The Morgan fingerprint density at radius 1 is 0.906 bits per heavy atom. The lowest BCUT2D eigenvalue weighted by molar-refractivity contribution is -0.121. The SMILES string of the molecule is O=C(CCc1cccc(Oc2ccc(F)cc2)c1)NCc1ccc(Oc2nccs2)cc1. The molecular weight excluding hydrogens is 427 g/mol. The standard InChI is InChI=1S/C25H21FN2O3S/c26-20-7-11-21(12-8-20)30-23-3-1-2-18(16-23)6-13-24(29)28-17-19-4-9-22(10-5-19)31-25-27-14-15-32-25/h1-5,7-12,14-16H,6,13,17H2,(H,28,29). The monoisotopic (exact) mass is 448 g/mol. The zero-order valence-electron chi connectivity index (χ0n) is 17.2. The minimum Gasteiger partial charge on any atom is -0.457 e. The predicted octanol–water partition coefficient (Wildman–Crippen LogP) is 6.12. The number of carbonyl (C=O) groups excluding carboxylic acids is 1. The number of halogens is 1. The molecule has 7 heteroatoms. The lowest BCUT2D eigenvalue weighted by Crippen LogP contribution is -2.22. The molecule has 0 saturated heterocycles. The largest absolute Gasteiger partial charge is 0.457 e. The molecule has 162 valence electrons. The van der Waals surface area contributed by atoms with Gasteiger partial charge in [0.2, 0.25) is 5.91 Å². The Hall–Kier alpha value is -3.71. The molecule has 0 aliphatic heterocycles. The first kappa shape index (κ1) is 21.5. The van der Waals surface area contributed by atoms with Crippen LogP contribution < -0.4 is 14.8 Å². The van der Waals surface area contributed by atoms with Crippen molar-refractivity contribution in [2.75, 3.05) is 0 Å². The first-order valence-corrected chi connectivity index (χ1v) is 11.0. The lowest BCUT2D eigenvalue weighted by Gasteiger charge is -2.09. The molecule has 3 aromatic carbocycles. The van der Waals surface area contributed by atoms with Crippen LogP contribution in [-0.4, -0.2) is 10.9 Å². The number of hydrogen-bond acceptors (Lipinski definition) is 5. The number of aromatic nitrogens is 1. The molecule has 0 aliphatic carbocycles. The third-order valence-corrected chi connectivity index (χ3v) is 5.26. The van der Waals surface area contributed by atoms with E-state index in [-0.39, 0.29) is 11.7 Å². The van der Waals surface area contributed by atoms with E-state index in [0.29, 0.717) is 41.8 Å². The quantitative estimate of drug-likeness (QED) is 0.335. The highest BCUT2D eigenvalue weighted by atomic mass is 32.1. The molecule has 1 N–H and O–H groups in total. The van der Waals surface area contributed by atoms with E-state index in [4.69, 9.17) is 9.47 Å². The first-order chi connectivity index (χ1) is 15.6. The zero-order chi connectivity index (χ0) is 22.2. The summed E-state index contributed by atoms with van der Waals surface area (Å²) in [5.41, 5.74) is 1.97. The lowest BCUT2D eigenvalue weighted by atomic mass is 10.1. The van der Waals surface area contributed by atoms with Gasteiger partial charge in [0.15, 0.2) is 0 Å². The molecule has 0 spiro atoms. The molecule has 32 heavy (non-hydrogen) atoms. The number of carbonyl (C=O) groups is 1. The fraction of sp³-hybridized carbons (Fsp3) is 0.120. The second kappa shape index (κ2) is 10.5. The maximum atomic E-state index is 13.0. The van der Waals surface area contributed by atoms with Crippen molar-refractivity contribution in [3.8, 4) is 22.4 Å². The molecule has 4 rings (SSSR count). The summed E-state index contributed by atoms with van der Waals surface area (Å²) < 4.78 is 24.4. The third kappa shape index (κ3) is 6.39. The van der Waals surface area contributed by atoms with Gasteiger partial charge in [-0.05, 0) is 66.1 Å². The van der Waals surface area contributed by atoms with Gasteiger partial charge < -0.3 is 14.8 Å².